The Kier molecular flexibility index (Phi) is 4.82. The van der Waals surface area contributed by atoms with E-state index in [1.54, 1.807) is 0 Å². The molecule has 26 heavy (non-hydrogen) atoms. The predicted octanol–water partition coefficient (Wildman–Crippen LogP) is 3.05. The van der Waals surface area contributed by atoms with Crippen molar-refractivity contribution in [2.45, 2.75) is 44.7 Å². The lowest BCUT2D eigenvalue weighted by Gasteiger charge is -2.24. The average Bonchev–Trinajstić information content (AvgIpc) is 3.35. The number of pyridine rings is 1. The summed E-state index contributed by atoms with van der Waals surface area (Å²) in [7, 11) is 0. The Morgan fingerprint density at radius 2 is 1.96 bits per heavy atom. The van der Waals surface area contributed by atoms with Crippen LogP contribution in [0.2, 0.25) is 0 Å². The smallest absolute Gasteiger partial charge is 0.252 e. The lowest BCUT2D eigenvalue weighted by molar-refractivity contribution is 0.100. The number of hydrogen-bond acceptors (Lipinski definition) is 5. The van der Waals surface area contributed by atoms with Crippen LogP contribution in [-0.2, 0) is 0 Å². The lowest BCUT2D eigenvalue weighted by atomic mass is 10.0. The first-order chi connectivity index (χ1) is 12.3. The molecule has 1 fully saturated rings. The maximum Gasteiger partial charge on any atom is 0.252 e. The highest BCUT2D eigenvalue weighted by Crippen LogP contribution is 2.38. The molecule has 2 aromatic rings. The van der Waals surface area contributed by atoms with Crippen molar-refractivity contribution in [3.63, 3.8) is 0 Å². The van der Waals surface area contributed by atoms with Gasteiger partial charge in [-0.05, 0) is 44.4 Å². The fourth-order valence-electron chi connectivity index (χ4n) is 2.96. The Balaban J connectivity index is 1.93. The lowest BCUT2D eigenvalue weighted by Crippen LogP contribution is -2.42. The molecule has 0 spiro atoms. The Labute approximate surface area is 152 Å². The zero-order valence-corrected chi connectivity index (χ0v) is 15.0. The first-order valence-electron chi connectivity index (χ1n) is 8.72. The van der Waals surface area contributed by atoms with Gasteiger partial charge in [0, 0.05) is 17.3 Å². The van der Waals surface area contributed by atoms with E-state index < -0.39 is 11.7 Å². The minimum atomic E-state index is -0.748. The van der Waals surface area contributed by atoms with Crippen LogP contribution < -0.4 is 22.1 Å². The predicted molar refractivity (Wildman–Crippen MR) is 101 cm³/mol. The van der Waals surface area contributed by atoms with E-state index in [1.807, 2.05) is 38.1 Å². The van der Waals surface area contributed by atoms with Crippen LogP contribution in [-0.4, -0.2) is 22.5 Å². The summed E-state index contributed by atoms with van der Waals surface area (Å²) >= 11 is 0. The normalized spacial score (nSPS) is 16.0. The number of halogens is 1. The zero-order chi connectivity index (χ0) is 18.9. The largest absolute Gasteiger partial charge is 0.365 e. The number of anilines is 3. The van der Waals surface area contributed by atoms with Gasteiger partial charge < -0.3 is 22.1 Å². The molecule has 3 rings (SSSR count). The summed E-state index contributed by atoms with van der Waals surface area (Å²) in [5.41, 5.74) is 13.1. The minimum absolute atomic E-state index is 0.00411. The molecule has 6 nitrogen and oxygen atoms in total. The number of primary amides is 1. The van der Waals surface area contributed by atoms with Crippen molar-refractivity contribution in [1.29, 1.82) is 0 Å². The maximum absolute atomic E-state index is 14.5. The molecule has 0 radical (unpaired) electrons. The number of benzene rings is 1. The molecule has 138 valence electrons. The molecule has 1 aliphatic carbocycles. The van der Waals surface area contributed by atoms with Crippen LogP contribution in [0.25, 0.3) is 0 Å². The molecule has 6 N–H and O–H groups in total. The maximum atomic E-state index is 14.5. The highest BCUT2D eigenvalue weighted by Gasteiger charge is 2.45. The second kappa shape index (κ2) is 6.92. The van der Waals surface area contributed by atoms with Crippen LogP contribution in [0.3, 0.4) is 0 Å². The Hall–Kier alpha value is -2.67. The van der Waals surface area contributed by atoms with Gasteiger partial charge in [0.2, 0.25) is 0 Å². The molecule has 0 aliphatic heterocycles. The molecular weight excluding hydrogens is 333 g/mol. The Bertz CT molecular complexity index is 817. The number of aryl methyl sites for hydroxylation is 1. The third-order valence-electron chi connectivity index (χ3n) is 4.80. The summed E-state index contributed by atoms with van der Waals surface area (Å²) in [5.74, 6) is -1.10. The van der Waals surface area contributed by atoms with Crippen LogP contribution in [0.5, 0.6) is 0 Å². The fourth-order valence-corrected chi connectivity index (χ4v) is 2.96. The number of nitrogens with two attached hydrogens (primary N) is 2. The molecule has 1 amide bonds. The van der Waals surface area contributed by atoms with Gasteiger partial charge in [0.05, 0.1) is 5.56 Å². The summed E-state index contributed by atoms with van der Waals surface area (Å²) in [4.78, 5) is 16.0. The number of hydrogen-bond donors (Lipinski definition) is 4. The number of carbonyl (C=O) groups is 1. The first kappa shape index (κ1) is 18.1. The van der Waals surface area contributed by atoms with Crippen molar-refractivity contribution >= 4 is 23.2 Å². The molecule has 1 aromatic carbocycles. The van der Waals surface area contributed by atoms with E-state index in [4.69, 9.17) is 11.5 Å². The Morgan fingerprint density at radius 1 is 1.31 bits per heavy atom. The van der Waals surface area contributed by atoms with Crippen molar-refractivity contribution in [2.24, 2.45) is 11.5 Å². The van der Waals surface area contributed by atoms with Gasteiger partial charge in [-0.1, -0.05) is 24.6 Å². The molecule has 0 bridgehead atoms. The van der Waals surface area contributed by atoms with Gasteiger partial charge in [0.1, 0.15) is 5.82 Å². The summed E-state index contributed by atoms with van der Waals surface area (Å²) < 4.78 is 14.5. The van der Waals surface area contributed by atoms with E-state index in [2.05, 4.69) is 15.6 Å². The number of carbonyl (C=O) groups excluding carboxylic acids is 1. The summed E-state index contributed by atoms with van der Waals surface area (Å²) in [6, 6.07) is 8.58. The minimum Gasteiger partial charge on any atom is -0.365 e. The van der Waals surface area contributed by atoms with Gasteiger partial charge in [-0.15, -0.1) is 0 Å². The summed E-state index contributed by atoms with van der Waals surface area (Å²) in [6.45, 7) is 3.97. The van der Waals surface area contributed by atoms with Crippen molar-refractivity contribution in [1.82, 2.24) is 4.98 Å². The molecule has 7 heteroatoms. The van der Waals surface area contributed by atoms with Crippen molar-refractivity contribution in [3.8, 4) is 0 Å². The molecular formula is C19H24FN5O. The third kappa shape index (κ3) is 3.77. The standard InChI is InChI=1S/C19H24FN5O/c1-3-15(19(22)8-9-19)24-18-14(20)10-13(16(21)26)17(25-18)23-12-6-4-11(2)5-7-12/h4-7,10,15H,3,8-9,22H2,1-2H3,(H2,21,26)(H2,23,24,25)/t15-/m1/s1. The zero-order valence-electron chi connectivity index (χ0n) is 15.0. The first-order valence-corrected chi connectivity index (χ1v) is 8.72. The van der Waals surface area contributed by atoms with Gasteiger partial charge in [-0.25, -0.2) is 9.37 Å². The monoisotopic (exact) mass is 357 g/mol. The van der Waals surface area contributed by atoms with Gasteiger partial charge in [0.15, 0.2) is 11.6 Å². The molecule has 1 aliphatic rings. The van der Waals surface area contributed by atoms with E-state index in [9.17, 15) is 9.18 Å². The van der Waals surface area contributed by atoms with E-state index in [-0.39, 0.29) is 28.8 Å². The van der Waals surface area contributed by atoms with Gasteiger partial charge in [0.25, 0.3) is 5.91 Å². The topological polar surface area (TPSA) is 106 Å². The van der Waals surface area contributed by atoms with Crippen LogP contribution in [0.1, 0.15) is 42.1 Å². The van der Waals surface area contributed by atoms with Crippen LogP contribution in [0.15, 0.2) is 30.3 Å². The molecule has 0 saturated heterocycles. The molecule has 1 aromatic heterocycles. The van der Waals surface area contributed by atoms with Gasteiger partial charge in [-0.2, -0.15) is 0 Å². The average molecular weight is 357 g/mol. The SMILES string of the molecule is CC[C@@H](Nc1nc(Nc2ccc(C)cc2)c(C(N)=O)cc1F)C1(N)CC1. The Morgan fingerprint density at radius 3 is 2.50 bits per heavy atom. The number of amides is 1. The van der Waals surface area contributed by atoms with E-state index in [0.717, 1.165) is 36.6 Å². The van der Waals surface area contributed by atoms with Crippen LogP contribution >= 0.6 is 0 Å². The number of nitrogens with zero attached hydrogens (tertiary/aromatic N) is 1. The van der Waals surface area contributed by atoms with Crippen LogP contribution in [0.4, 0.5) is 21.7 Å². The summed E-state index contributed by atoms with van der Waals surface area (Å²) in [5, 5.41) is 6.14. The second-order valence-electron chi connectivity index (χ2n) is 6.91. The van der Waals surface area contributed by atoms with Crippen molar-refractivity contribution in [3.05, 3.63) is 47.3 Å². The van der Waals surface area contributed by atoms with E-state index in [0.29, 0.717) is 0 Å². The highest BCUT2D eigenvalue weighted by atomic mass is 19.1. The quantitative estimate of drug-likeness (QED) is 0.609. The number of nitrogens with one attached hydrogen (secondary N) is 2. The van der Waals surface area contributed by atoms with Crippen molar-refractivity contribution in [2.75, 3.05) is 10.6 Å². The fraction of sp³-hybridized carbons (Fsp3) is 0.368. The third-order valence-corrected chi connectivity index (χ3v) is 4.80. The highest BCUT2D eigenvalue weighted by molar-refractivity contribution is 5.98. The molecule has 1 saturated carbocycles. The second-order valence-corrected chi connectivity index (χ2v) is 6.91. The van der Waals surface area contributed by atoms with Crippen molar-refractivity contribution < 1.29 is 9.18 Å². The van der Waals surface area contributed by atoms with Gasteiger partial charge >= 0.3 is 0 Å². The number of rotatable bonds is 7. The van der Waals surface area contributed by atoms with Crippen LogP contribution in [0, 0.1) is 12.7 Å². The van der Waals surface area contributed by atoms with E-state index >= 15 is 0 Å². The molecule has 1 heterocycles. The summed E-state index contributed by atoms with van der Waals surface area (Å²) in [6.07, 6.45) is 2.54. The molecule has 1 atom stereocenters. The van der Waals surface area contributed by atoms with E-state index in [1.165, 1.54) is 0 Å². The number of aromatic nitrogens is 1. The molecule has 0 unspecified atom stereocenters. The van der Waals surface area contributed by atoms with Gasteiger partial charge in [-0.3, -0.25) is 4.79 Å².